The van der Waals surface area contributed by atoms with Crippen LogP contribution in [0.15, 0.2) is 0 Å². The summed E-state index contributed by atoms with van der Waals surface area (Å²) < 4.78 is 5.22. The minimum atomic E-state index is 0.314. The Morgan fingerprint density at radius 1 is 1.56 bits per heavy atom. The molecule has 0 spiro atoms. The first-order valence-electron chi connectivity index (χ1n) is 3.62. The second-order valence-corrected chi connectivity index (χ2v) is 2.60. The molecule has 0 aromatic rings. The van der Waals surface area contributed by atoms with Crippen molar-refractivity contribution in [3.63, 3.8) is 0 Å². The molecule has 1 fully saturated rings. The van der Waals surface area contributed by atoms with Crippen molar-refractivity contribution in [2.24, 2.45) is 5.92 Å². The fraction of sp³-hybridized carbons (Fsp3) is 1.00. The summed E-state index contributed by atoms with van der Waals surface area (Å²) in [7, 11) is 0. The molecule has 54 valence electrons. The van der Waals surface area contributed by atoms with Gasteiger partial charge in [-0.3, -0.25) is 0 Å². The van der Waals surface area contributed by atoms with Gasteiger partial charge in [0.05, 0.1) is 0 Å². The van der Waals surface area contributed by atoms with Gasteiger partial charge in [-0.05, 0) is 25.2 Å². The van der Waals surface area contributed by atoms with Crippen LogP contribution in [0.5, 0.6) is 0 Å². The van der Waals surface area contributed by atoms with Gasteiger partial charge in [0.25, 0.3) is 0 Å². The van der Waals surface area contributed by atoms with Crippen molar-refractivity contribution in [1.29, 1.82) is 0 Å². The lowest BCUT2D eigenvalue weighted by Gasteiger charge is -2.20. The molecule has 1 aliphatic heterocycles. The van der Waals surface area contributed by atoms with Gasteiger partial charge in [0.15, 0.2) is 0 Å². The maximum atomic E-state index is 8.56. The molecule has 1 N–H and O–H groups in total. The van der Waals surface area contributed by atoms with E-state index in [0.29, 0.717) is 12.5 Å². The molecule has 1 atom stereocenters. The maximum Gasteiger partial charge on any atom is 0.0495 e. The second-order valence-electron chi connectivity index (χ2n) is 2.60. The molecule has 2 nitrogen and oxygen atoms in total. The van der Waals surface area contributed by atoms with E-state index in [-0.39, 0.29) is 0 Å². The standard InChI is InChI=1S/C7H14O2/c8-4-3-7-2-1-5-9-6-7/h7-8H,1-6H2/t7-/m0/s1. The predicted molar refractivity (Wildman–Crippen MR) is 35.2 cm³/mol. The van der Waals surface area contributed by atoms with E-state index in [1.807, 2.05) is 0 Å². The van der Waals surface area contributed by atoms with E-state index in [1.54, 1.807) is 0 Å². The minimum absolute atomic E-state index is 0.314. The molecule has 1 rings (SSSR count). The third-order valence-electron chi connectivity index (χ3n) is 1.79. The largest absolute Gasteiger partial charge is 0.396 e. The monoisotopic (exact) mass is 130 g/mol. The van der Waals surface area contributed by atoms with Crippen LogP contribution in [0.4, 0.5) is 0 Å². The molecular formula is C7H14O2. The topological polar surface area (TPSA) is 29.5 Å². The van der Waals surface area contributed by atoms with Gasteiger partial charge in [0, 0.05) is 19.8 Å². The van der Waals surface area contributed by atoms with Gasteiger partial charge in [-0.1, -0.05) is 0 Å². The lowest BCUT2D eigenvalue weighted by Crippen LogP contribution is -2.17. The van der Waals surface area contributed by atoms with Gasteiger partial charge < -0.3 is 9.84 Å². The number of aliphatic hydroxyl groups is 1. The van der Waals surface area contributed by atoms with Crippen LogP contribution >= 0.6 is 0 Å². The van der Waals surface area contributed by atoms with Crippen LogP contribution in [0.1, 0.15) is 19.3 Å². The molecule has 1 aliphatic rings. The van der Waals surface area contributed by atoms with E-state index in [4.69, 9.17) is 9.84 Å². The van der Waals surface area contributed by atoms with Gasteiger partial charge in [0.1, 0.15) is 0 Å². The van der Waals surface area contributed by atoms with Gasteiger partial charge in [0.2, 0.25) is 0 Å². The minimum Gasteiger partial charge on any atom is -0.396 e. The third kappa shape index (κ3) is 2.33. The Morgan fingerprint density at radius 2 is 2.44 bits per heavy atom. The number of aliphatic hydroxyl groups excluding tert-OH is 1. The summed E-state index contributed by atoms with van der Waals surface area (Å²) in [5.74, 6) is 0.628. The SMILES string of the molecule is OCC[C@@H]1CCCOC1. The van der Waals surface area contributed by atoms with Crippen LogP contribution in [-0.2, 0) is 4.74 Å². The fourth-order valence-corrected chi connectivity index (χ4v) is 1.22. The van der Waals surface area contributed by atoms with Gasteiger partial charge in [-0.15, -0.1) is 0 Å². The van der Waals surface area contributed by atoms with Crippen molar-refractivity contribution in [1.82, 2.24) is 0 Å². The molecule has 0 amide bonds. The summed E-state index contributed by atoms with van der Waals surface area (Å²) in [5, 5.41) is 8.56. The lowest BCUT2D eigenvalue weighted by atomic mass is 9.99. The molecular weight excluding hydrogens is 116 g/mol. The van der Waals surface area contributed by atoms with E-state index in [0.717, 1.165) is 19.6 Å². The number of ether oxygens (including phenoxy) is 1. The highest BCUT2D eigenvalue weighted by Gasteiger charge is 2.11. The summed E-state index contributed by atoms with van der Waals surface area (Å²) in [5.41, 5.74) is 0. The summed E-state index contributed by atoms with van der Waals surface area (Å²) >= 11 is 0. The molecule has 2 heteroatoms. The normalized spacial score (nSPS) is 28.3. The van der Waals surface area contributed by atoms with Gasteiger partial charge in [-0.2, -0.15) is 0 Å². The number of rotatable bonds is 2. The van der Waals surface area contributed by atoms with Crippen molar-refractivity contribution < 1.29 is 9.84 Å². The zero-order valence-corrected chi connectivity index (χ0v) is 5.68. The van der Waals surface area contributed by atoms with Gasteiger partial charge >= 0.3 is 0 Å². The summed E-state index contributed by atoms with van der Waals surface area (Å²) in [6.07, 6.45) is 3.32. The van der Waals surface area contributed by atoms with Crippen LogP contribution in [0, 0.1) is 5.92 Å². The van der Waals surface area contributed by atoms with Crippen molar-refractivity contribution in [3.8, 4) is 0 Å². The molecule has 0 radical (unpaired) electrons. The Balaban J connectivity index is 2.08. The Labute approximate surface area is 55.8 Å². The first-order chi connectivity index (χ1) is 4.43. The molecule has 1 saturated heterocycles. The smallest absolute Gasteiger partial charge is 0.0495 e. The summed E-state index contributed by atoms with van der Waals surface area (Å²) in [6, 6.07) is 0. The molecule has 0 saturated carbocycles. The quantitative estimate of drug-likeness (QED) is 0.599. The molecule has 0 aromatic heterocycles. The zero-order valence-electron chi connectivity index (χ0n) is 5.68. The van der Waals surface area contributed by atoms with Crippen molar-refractivity contribution in [2.45, 2.75) is 19.3 Å². The molecule has 0 unspecified atom stereocenters. The highest BCUT2D eigenvalue weighted by molar-refractivity contribution is 4.61. The zero-order chi connectivity index (χ0) is 6.53. The van der Waals surface area contributed by atoms with E-state index < -0.39 is 0 Å². The molecule has 0 aliphatic carbocycles. The van der Waals surface area contributed by atoms with E-state index in [2.05, 4.69) is 0 Å². The summed E-state index contributed by atoms with van der Waals surface area (Å²) in [6.45, 7) is 2.09. The number of hydrogen-bond donors (Lipinski definition) is 1. The summed E-state index contributed by atoms with van der Waals surface area (Å²) in [4.78, 5) is 0. The average molecular weight is 130 g/mol. The second kappa shape index (κ2) is 3.85. The first-order valence-corrected chi connectivity index (χ1v) is 3.62. The number of hydrogen-bond acceptors (Lipinski definition) is 2. The Kier molecular flexibility index (Phi) is 3.01. The van der Waals surface area contributed by atoms with Crippen LogP contribution in [0.25, 0.3) is 0 Å². The van der Waals surface area contributed by atoms with E-state index >= 15 is 0 Å². The van der Waals surface area contributed by atoms with Crippen molar-refractivity contribution >= 4 is 0 Å². The first kappa shape index (κ1) is 7.03. The van der Waals surface area contributed by atoms with Crippen molar-refractivity contribution in [2.75, 3.05) is 19.8 Å². The lowest BCUT2D eigenvalue weighted by molar-refractivity contribution is 0.0447. The van der Waals surface area contributed by atoms with Gasteiger partial charge in [-0.25, -0.2) is 0 Å². The highest BCUT2D eigenvalue weighted by atomic mass is 16.5. The van der Waals surface area contributed by atoms with Crippen molar-refractivity contribution in [3.05, 3.63) is 0 Å². The molecule has 0 aromatic carbocycles. The van der Waals surface area contributed by atoms with Crippen LogP contribution < -0.4 is 0 Å². The van der Waals surface area contributed by atoms with Crippen LogP contribution in [0.2, 0.25) is 0 Å². The van der Waals surface area contributed by atoms with Crippen LogP contribution in [-0.4, -0.2) is 24.9 Å². The highest BCUT2D eigenvalue weighted by Crippen LogP contribution is 2.15. The predicted octanol–water partition coefficient (Wildman–Crippen LogP) is 0.795. The maximum absolute atomic E-state index is 8.56. The third-order valence-corrected chi connectivity index (χ3v) is 1.79. The van der Waals surface area contributed by atoms with E-state index in [9.17, 15) is 0 Å². The average Bonchev–Trinajstić information content (AvgIpc) is 1.91. The Hall–Kier alpha value is -0.0800. The molecule has 0 bridgehead atoms. The van der Waals surface area contributed by atoms with E-state index in [1.165, 1.54) is 12.8 Å². The Bertz CT molecular complexity index is 64.6. The Morgan fingerprint density at radius 3 is 3.00 bits per heavy atom. The molecule has 1 heterocycles. The molecule has 9 heavy (non-hydrogen) atoms. The fourth-order valence-electron chi connectivity index (χ4n) is 1.22. The van der Waals surface area contributed by atoms with Crippen LogP contribution in [0.3, 0.4) is 0 Å².